The number of rotatable bonds is 6. The predicted octanol–water partition coefficient (Wildman–Crippen LogP) is 2.41. The van der Waals surface area contributed by atoms with Crippen LogP contribution in [0.5, 0.6) is 5.75 Å². The molecule has 1 aliphatic heterocycles. The number of benzene rings is 2. The van der Waals surface area contributed by atoms with Crippen LogP contribution in [0.1, 0.15) is 32.9 Å². The maximum atomic E-state index is 12.9. The summed E-state index contributed by atoms with van der Waals surface area (Å²) in [4.78, 5) is 16.3. The average molecular weight is 407 g/mol. The van der Waals surface area contributed by atoms with Gasteiger partial charge in [0.05, 0.1) is 37.4 Å². The van der Waals surface area contributed by atoms with Gasteiger partial charge in [0.2, 0.25) is 0 Å². The summed E-state index contributed by atoms with van der Waals surface area (Å²) in [6, 6.07) is 17.9. The van der Waals surface area contributed by atoms with Crippen molar-refractivity contribution in [3.8, 4) is 5.75 Å². The van der Waals surface area contributed by atoms with Crippen molar-refractivity contribution >= 4 is 5.91 Å². The summed E-state index contributed by atoms with van der Waals surface area (Å²) in [5.41, 5.74) is 3.85. The third kappa shape index (κ3) is 4.71. The Kier molecular flexibility index (Phi) is 6.14. The topological polar surface area (TPSA) is 60.0 Å². The van der Waals surface area contributed by atoms with Crippen LogP contribution in [0.4, 0.5) is 0 Å². The maximum absolute atomic E-state index is 12.9. The van der Waals surface area contributed by atoms with E-state index < -0.39 is 0 Å². The van der Waals surface area contributed by atoms with Gasteiger partial charge < -0.3 is 19.1 Å². The number of amides is 1. The molecule has 4 rings (SSSR count). The third-order valence-corrected chi connectivity index (χ3v) is 5.72. The second-order valence-electron chi connectivity index (χ2n) is 7.82. The lowest BCUT2D eigenvalue weighted by Crippen LogP contribution is -3.13. The fourth-order valence-electron chi connectivity index (χ4n) is 3.83. The van der Waals surface area contributed by atoms with Gasteiger partial charge in [-0.2, -0.15) is 0 Å². The molecule has 0 atom stereocenters. The molecule has 156 valence electrons. The molecular weight excluding hydrogens is 378 g/mol. The van der Waals surface area contributed by atoms with E-state index >= 15 is 0 Å². The number of carbonyl (C=O) groups is 1. The molecule has 30 heavy (non-hydrogen) atoms. The summed E-state index contributed by atoms with van der Waals surface area (Å²) in [6.07, 6.45) is 0. The molecule has 2 heterocycles. The van der Waals surface area contributed by atoms with Crippen molar-refractivity contribution in [1.82, 2.24) is 10.1 Å². The Hall–Kier alpha value is -3.12. The summed E-state index contributed by atoms with van der Waals surface area (Å²) >= 11 is 0. The van der Waals surface area contributed by atoms with Gasteiger partial charge in [0, 0.05) is 11.1 Å². The van der Waals surface area contributed by atoms with E-state index in [4.69, 9.17) is 9.26 Å². The molecule has 0 bridgehead atoms. The lowest BCUT2D eigenvalue weighted by Gasteiger charge is -2.32. The van der Waals surface area contributed by atoms with Crippen molar-refractivity contribution in [3.05, 3.63) is 82.7 Å². The second-order valence-corrected chi connectivity index (χ2v) is 7.82. The van der Waals surface area contributed by atoms with E-state index in [0.717, 1.165) is 55.5 Å². The molecule has 1 aliphatic rings. The fourth-order valence-corrected chi connectivity index (χ4v) is 3.83. The highest BCUT2D eigenvalue weighted by atomic mass is 16.5. The molecule has 3 aromatic rings. The first kappa shape index (κ1) is 20.2. The first-order valence-electron chi connectivity index (χ1n) is 10.4. The molecule has 1 amide bonds. The predicted molar refractivity (Wildman–Crippen MR) is 113 cm³/mol. The van der Waals surface area contributed by atoms with Crippen LogP contribution >= 0.6 is 0 Å². The Morgan fingerprint density at radius 2 is 1.77 bits per heavy atom. The number of hydrogen-bond donors (Lipinski definition) is 1. The van der Waals surface area contributed by atoms with Crippen LogP contribution in [-0.4, -0.2) is 42.1 Å². The number of aryl methyl sites for hydroxylation is 2. The second kappa shape index (κ2) is 9.13. The standard InChI is InChI=1S/C24H27N3O3/c1-18-23(19(2)30-25-18)17-29-22-10-8-21(9-11-22)24(28)27-14-12-26(13-15-27)16-20-6-4-3-5-7-20/h3-11H,12-17H2,1-2H3/p+1. The molecular formula is C24H28N3O3+. The SMILES string of the molecule is Cc1noc(C)c1COc1ccc(C(=O)N2CC[NH+](Cc3ccccc3)CC2)cc1. The number of hydrogen-bond acceptors (Lipinski definition) is 4. The Morgan fingerprint density at radius 1 is 1.07 bits per heavy atom. The number of aromatic nitrogens is 1. The van der Waals surface area contributed by atoms with E-state index in [1.165, 1.54) is 10.5 Å². The molecule has 2 aromatic carbocycles. The van der Waals surface area contributed by atoms with Crippen LogP contribution < -0.4 is 9.64 Å². The van der Waals surface area contributed by atoms with E-state index in [1.807, 2.05) is 49.1 Å². The monoisotopic (exact) mass is 406 g/mol. The molecule has 1 N–H and O–H groups in total. The Morgan fingerprint density at radius 3 is 2.40 bits per heavy atom. The van der Waals surface area contributed by atoms with E-state index in [9.17, 15) is 4.79 Å². The van der Waals surface area contributed by atoms with Crippen LogP contribution in [0.2, 0.25) is 0 Å². The van der Waals surface area contributed by atoms with Crippen molar-refractivity contribution < 1.29 is 19.0 Å². The minimum Gasteiger partial charge on any atom is -0.489 e. The summed E-state index contributed by atoms with van der Waals surface area (Å²) in [7, 11) is 0. The molecule has 6 nitrogen and oxygen atoms in total. The highest BCUT2D eigenvalue weighted by Crippen LogP contribution is 2.18. The number of nitrogens with zero attached hydrogens (tertiary/aromatic N) is 2. The van der Waals surface area contributed by atoms with Gasteiger partial charge in [-0.3, -0.25) is 4.79 Å². The van der Waals surface area contributed by atoms with Crippen molar-refractivity contribution in [2.24, 2.45) is 0 Å². The highest BCUT2D eigenvalue weighted by Gasteiger charge is 2.24. The third-order valence-electron chi connectivity index (χ3n) is 5.72. The summed E-state index contributed by atoms with van der Waals surface area (Å²) < 4.78 is 11.0. The lowest BCUT2D eigenvalue weighted by molar-refractivity contribution is -0.917. The van der Waals surface area contributed by atoms with Crippen molar-refractivity contribution in [2.75, 3.05) is 26.2 Å². The Labute approximate surface area is 177 Å². The number of nitrogens with one attached hydrogen (secondary N) is 1. The summed E-state index contributed by atoms with van der Waals surface area (Å²) in [5.74, 6) is 1.59. The zero-order valence-corrected chi connectivity index (χ0v) is 17.6. The van der Waals surface area contributed by atoms with E-state index in [1.54, 1.807) is 0 Å². The molecule has 0 radical (unpaired) electrons. The van der Waals surface area contributed by atoms with E-state index in [2.05, 4.69) is 29.4 Å². The minimum atomic E-state index is 0.0889. The number of ether oxygens (including phenoxy) is 1. The van der Waals surface area contributed by atoms with Gasteiger partial charge in [-0.15, -0.1) is 0 Å². The number of piperazine rings is 1. The summed E-state index contributed by atoms with van der Waals surface area (Å²) in [6.45, 7) is 8.70. The average Bonchev–Trinajstić information content (AvgIpc) is 3.11. The van der Waals surface area contributed by atoms with Gasteiger partial charge in [-0.1, -0.05) is 35.5 Å². The van der Waals surface area contributed by atoms with Gasteiger partial charge in [0.25, 0.3) is 5.91 Å². The largest absolute Gasteiger partial charge is 0.489 e. The van der Waals surface area contributed by atoms with Crippen LogP contribution in [0, 0.1) is 13.8 Å². The fraction of sp³-hybridized carbons (Fsp3) is 0.333. The molecule has 0 unspecified atom stereocenters. The van der Waals surface area contributed by atoms with Crippen LogP contribution in [0.3, 0.4) is 0 Å². The summed E-state index contributed by atoms with van der Waals surface area (Å²) in [5, 5.41) is 3.94. The van der Waals surface area contributed by atoms with E-state index in [0.29, 0.717) is 12.2 Å². The number of carbonyl (C=O) groups excluding carboxylic acids is 1. The molecule has 1 aromatic heterocycles. The van der Waals surface area contributed by atoms with Crippen molar-refractivity contribution in [3.63, 3.8) is 0 Å². The molecule has 0 saturated carbocycles. The van der Waals surface area contributed by atoms with Gasteiger partial charge in [0.15, 0.2) is 0 Å². The first-order chi connectivity index (χ1) is 14.6. The molecule has 0 spiro atoms. The minimum absolute atomic E-state index is 0.0889. The van der Waals surface area contributed by atoms with Gasteiger partial charge in [-0.25, -0.2) is 0 Å². The zero-order chi connectivity index (χ0) is 20.9. The molecule has 0 aliphatic carbocycles. The van der Waals surface area contributed by atoms with Gasteiger partial charge in [-0.05, 0) is 38.1 Å². The normalized spacial score (nSPS) is 14.7. The highest BCUT2D eigenvalue weighted by molar-refractivity contribution is 5.94. The lowest BCUT2D eigenvalue weighted by atomic mass is 10.1. The van der Waals surface area contributed by atoms with Crippen molar-refractivity contribution in [2.45, 2.75) is 27.0 Å². The molecule has 1 saturated heterocycles. The van der Waals surface area contributed by atoms with Crippen LogP contribution in [-0.2, 0) is 13.2 Å². The Balaban J connectivity index is 1.29. The van der Waals surface area contributed by atoms with Crippen molar-refractivity contribution in [1.29, 1.82) is 0 Å². The zero-order valence-electron chi connectivity index (χ0n) is 17.6. The van der Waals surface area contributed by atoms with Crippen LogP contribution in [0.15, 0.2) is 59.1 Å². The van der Waals surface area contributed by atoms with Crippen LogP contribution in [0.25, 0.3) is 0 Å². The number of quaternary nitrogens is 1. The molecule has 1 fully saturated rings. The Bertz CT molecular complexity index is 955. The first-order valence-corrected chi connectivity index (χ1v) is 10.4. The van der Waals surface area contributed by atoms with E-state index in [-0.39, 0.29) is 5.91 Å². The van der Waals surface area contributed by atoms with Gasteiger partial charge in [0.1, 0.15) is 24.7 Å². The maximum Gasteiger partial charge on any atom is 0.254 e. The molecule has 6 heteroatoms. The smallest absolute Gasteiger partial charge is 0.254 e. The van der Waals surface area contributed by atoms with Gasteiger partial charge >= 0.3 is 0 Å². The quantitative estimate of drug-likeness (QED) is 0.683.